The van der Waals surface area contributed by atoms with Crippen molar-refractivity contribution >= 4 is 23.2 Å². The van der Waals surface area contributed by atoms with Crippen LogP contribution in [-0.2, 0) is 4.79 Å². The van der Waals surface area contributed by atoms with Gasteiger partial charge in [-0.1, -0.05) is 30.3 Å². The molecule has 30 heavy (non-hydrogen) atoms. The summed E-state index contributed by atoms with van der Waals surface area (Å²) in [4.78, 5) is 25.7. The molecule has 0 unspecified atom stereocenters. The Morgan fingerprint density at radius 1 is 1.10 bits per heavy atom. The van der Waals surface area contributed by atoms with Crippen molar-refractivity contribution < 1.29 is 14.7 Å². The molecule has 2 aromatic carbocycles. The van der Waals surface area contributed by atoms with Gasteiger partial charge in [0.15, 0.2) is 5.78 Å². The molecule has 150 valence electrons. The standard InChI is InChI=1S/C23H20N4O3/c28-16-11-9-14(10-12-16)21-20-18(7-4-8-19(20)29)26-22-17(13-24-27(21)22)23(30)25-15-5-2-1-3-6-15/h1-3,5-6,9-13,21,26,28H,4,7-8H2,(H,25,30)/t21-/m1/s1. The van der Waals surface area contributed by atoms with Crippen LogP contribution < -0.4 is 10.6 Å². The molecule has 2 heterocycles. The predicted molar refractivity (Wildman–Crippen MR) is 112 cm³/mol. The van der Waals surface area contributed by atoms with E-state index in [1.165, 1.54) is 6.20 Å². The Balaban J connectivity index is 1.58. The second-order valence-corrected chi connectivity index (χ2v) is 7.46. The maximum Gasteiger partial charge on any atom is 0.261 e. The van der Waals surface area contributed by atoms with E-state index < -0.39 is 6.04 Å². The van der Waals surface area contributed by atoms with Gasteiger partial charge >= 0.3 is 0 Å². The van der Waals surface area contributed by atoms with Crippen LogP contribution in [0.5, 0.6) is 5.75 Å². The molecule has 0 bridgehead atoms. The molecule has 1 aromatic heterocycles. The van der Waals surface area contributed by atoms with Gasteiger partial charge in [0, 0.05) is 23.4 Å². The third-order valence-corrected chi connectivity index (χ3v) is 5.52. The molecule has 1 aliphatic heterocycles. The topological polar surface area (TPSA) is 96.2 Å². The number of rotatable bonds is 3. The number of nitrogens with one attached hydrogen (secondary N) is 2. The monoisotopic (exact) mass is 400 g/mol. The van der Waals surface area contributed by atoms with E-state index in [1.807, 2.05) is 30.3 Å². The highest BCUT2D eigenvalue weighted by atomic mass is 16.3. The number of benzene rings is 2. The van der Waals surface area contributed by atoms with Crippen LogP contribution in [0.3, 0.4) is 0 Å². The Labute approximate surface area is 173 Å². The quantitative estimate of drug-likeness (QED) is 0.620. The van der Waals surface area contributed by atoms with E-state index in [0.29, 0.717) is 29.1 Å². The number of fused-ring (bicyclic) bond motifs is 1. The van der Waals surface area contributed by atoms with Crippen LogP contribution >= 0.6 is 0 Å². The number of carbonyl (C=O) groups is 2. The number of phenols is 1. The second kappa shape index (κ2) is 7.18. The average Bonchev–Trinajstić information content (AvgIpc) is 3.18. The van der Waals surface area contributed by atoms with E-state index in [9.17, 15) is 14.7 Å². The zero-order valence-corrected chi connectivity index (χ0v) is 16.1. The van der Waals surface area contributed by atoms with E-state index in [-0.39, 0.29) is 17.4 Å². The Bertz CT molecular complexity index is 1160. The number of amides is 1. The number of Topliss-reactive ketones (excluding diaryl/α,β-unsaturated/α-hetero) is 1. The van der Waals surface area contributed by atoms with Gasteiger partial charge in [0.05, 0.1) is 6.20 Å². The van der Waals surface area contributed by atoms with Gasteiger partial charge in [-0.15, -0.1) is 0 Å². The van der Waals surface area contributed by atoms with Gasteiger partial charge in [-0.3, -0.25) is 9.59 Å². The molecular weight excluding hydrogens is 380 g/mol. The first kappa shape index (κ1) is 18.2. The summed E-state index contributed by atoms with van der Waals surface area (Å²) < 4.78 is 1.69. The fourth-order valence-corrected chi connectivity index (χ4v) is 4.11. The summed E-state index contributed by atoms with van der Waals surface area (Å²) in [6.07, 6.45) is 3.53. The predicted octanol–water partition coefficient (Wildman–Crippen LogP) is 3.86. The Hall–Kier alpha value is -3.87. The number of phenolic OH excluding ortho intramolecular Hbond substituents is 1. The Kier molecular flexibility index (Phi) is 4.35. The number of para-hydroxylation sites is 1. The van der Waals surface area contributed by atoms with E-state index >= 15 is 0 Å². The highest BCUT2D eigenvalue weighted by molar-refractivity contribution is 6.08. The van der Waals surface area contributed by atoms with Crippen molar-refractivity contribution in [2.45, 2.75) is 25.3 Å². The zero-order chi connectivity index (χ0) is 20.7. The number of allylic oxidation sites excluding steroid dienone is 2. The number of ketones is 1. The molecule has 0 fully saturated rings. The Morgan fingerprint density at radius 3 is 2.63 bits per heavy atom. The second-order valence-electron chi connectivity index (χ2n) is 7.46. The number of aromatic nitrogens is 2. The third-order valence-electron chi connectivity index (χ3n) is 5.52. The van der Waals surface area contributed by atoms with Crippen LogP contribution in [0, 0.1) is 0 Å². The van der Waals surface area contributed by atoms with Gasteiger partial charge < -0.3 is 15.7 Å². The van der Waals surface area contributed by atoms with Gasteiger partial charge in [-0.2, -0.15) is 5.10 Å². The minimum Gasteiger partial charge on any atom is -0.508 e. The van der Waals surface area contributed by atoms with Crippen LogP contribution in [-0.4, -0.2) is 26.6 Å². The lowest BCUT2D eigenvalue weighted by molar-refractivity contribution is -0.116. The molecule has 3 N–H and O–H groups in total. The molecule has 1 amide bonds. The number of nitrogens with zero attached hydrogens (tertiary/aromatic N) is 2. The van der Waals surface area contributed by atoms with Crippen LogP contribution in [0.1, 0.15) is 41.2 Å². The summed E-state index contributed by atoms with van der Waals surface area (Å²) in [5.74, 6) is 0.527. The molecule has 2 aliphatic rings. The lowest BCUT2D eigenvalue weighted by atomic mass is 9.85. The number of carbonyl (C=O) groups excluding carboxylic acids is 2. The number of hydrogen-bond donors (Lipinski definition) is 3. The molecule has 1 aliphatic carbocycles. The van der Waals surface area contributed by atoms with Gasteiger partial charge in [0.25, 0.3) is 5.91 Å². The van der Waals surface area contributed by atoms with Gasteiger partial charge in [-0.25, -0.2) is 4.68 Å². The third kappa shape index (κ3) is 3.04. The molecule has 7 nitrogen and oxygen atoms in total. The maximum absolute atomic E-state index is 12.9. The van der Waals surface area contributed by atoms with Crippen molar-refractivity contribution in [1.82, 2.24) is 9.78 Å². The smallest absolute Gasteiger partial charge is 0.261 e. The van der Waals surface area contributed by atoms with E-state index in [2.05, 4.69) is 15.7 Å². The minimum atomic E-state index is -0.442. The van der Waals surface area contributed by atoms with Gasteiger partial charge in [0.2, 0.25) is 0 Å². The first-order valence-corrected chi connectivity index (χ1v) is 9.88. The zero-order valence-electron chi connectivity index (χ0n) is 16.1. The molecule has 0 radical (unpaired) electrons. The summed E-state index contributed by atoms with van der Waals surface area (Å²) >= 11 is 0. The van der Waals surface area contributed by atoms with Crippen LogP contribution in [0.4, 0.5) is 11.5 Å². The summed E-state index contributed by atoms with van der Waals surface area (Å²) in [6, 6.07) is 15.5. The number of hydrogen-bond acceptors (Lipinski definition) is 5. The molecule has 7 heteroatoms. The normalized spacial score (nSPS) is 17.7. The molecule has 3 aromatic rings. The first-order valence-electron chi connectivity index (χ1n) is 9.88. The lowest BCUT2D eigenvalue weighted by Gasteiger charge is -2.33. The summed E-state index contributed by atoms with van der Waals surface area (Å²) in [6.45, 7) is 0. The van der Waals surface area contributed by atoms with Gasteiger partial charge in [0.1, 0.15) is 23.2 Å². The van der Waals surface area contributed by atoms with E-state index in [4.69, 9.17) is 0 Å². The molecule has 0 saturated carbocycles. The summed E-state index contributed by atoms with van der Waals surface area (Å²) in [5, 5.41) is 20.3. The van der Waals surface area contributed by atoms with Crippen molar-refractivity contribution in [1.29, 1.82) is 0 Å². The number of aromatic hydroxyl groups is 1. The fraction of sp³-hybridized carbons (Fsp3) is 0.174. The van der Waals surface area contributed by atoms with Crippen LogP contribution in [0.15, 0.2) is 72.1 Å². The van der Waals surface area contributed by atoms with Crippen molar-refractivity contribution in [3.05, 3.63) is 83.2 Å². The van der Waals surface area contributed by atoms with Crippen LogP contribution in [0.25, 0.3) is 0 Å². The molecule has 0 saturated heterocycles. The summed E-state index contributed by atoms with van der Waals surface area (Å²) in [5.41, 5.74) is 3.45. The summed E-state index contributed by atoms with van der Waals surface area (Å²) in [7, 11) is 0. The first-order chi connectivity index (χ1) is 14.6. The van der Waals surface area contributed by atoms with Crippen LogP contribution in [0.2, 0.25) is 0 Å². The number of anilines is 2. The maximum atomic E-state index is 12.9. The molecular formula is C23H20N4O3. The highest BCUT2D eigenvalue weighted by Crippen LogP contribution is 2.41. The van der Waals surface area contributed by atoms with Crippen molar-refractivity contribution in [3.8, 4) is 5.75 Å². The van der Waals surface area contributed by atoms with Gasteiger partial charge in [-0.05, 0) is 42.7 Å². The van der Waals surface area contributed by atoms with E-state index in [1.54, 1.807) is 28.9 Å². The van der Waals surface area contributed by atoms with E-state index in [0.717, 1.165) is 24.1 Å². The Morgan fingerprint density at radius 2 is 1.87 bits per heavy atom. The fourth-order valence-electron chi connectivity index (χ4n) is 4.11. The lowest BCUT2D eigenvalue weighted by Crippen LogP contribution is -2.32. The molecule has 1 atom stereocenters. The van der Waals surface area contributed by atoms with Crippen molar-refractivity contribution in [3.63, 3.8) is 0 Å². The minimum absolute atomic E-state index is 0.0817. The van der Waals surface area contributed by atoms with Crippen molar-refractivity contribution in [2.75, 3.05) is 10.6 Å². The molecule has 5 rings (SSSR count). The average molecular weight is 400 g/mol. The molecule has 0 spiro atoms. The SMILES string of the molecule is O=C1CCCC2=C1[C@@H](c1ccc(O)cc1)n1ncc(C(=O)Nc3ccccc3)c1N2. The largest absolute Gasteiger partial charge is 0.508 e. The van der Waals surface area contributed by atoms with Crippen molar-refractivity contribution in [2.24, 2.45) is 0 Å². The highest BCUT2D eigenvalue weighted by Gasteiger charge is 2.37.